The fourth-order valence-corrected chi connectivity index (χ4v) is 6.36. The topological polar surface area (TPSA) is 143 Å². The first-order valence-corrected chi connectivity index (χ1v) is 18.5. The highest BCUT2D eigenvalue weighted by atomic mass is 32.1. The number of aliphatic hydroxyl groups is 1. The van der Waals surface area contributed by atoms with Crippen molar-refractivity contribution in [3.05, 3.63) is 88.4 Å². The maximum absolute atomic E-state index is 13.3. The third-order valence-electron chi connectivity index (χ3n) is 8.45. The molecule has 11 heteroatoms. The van der Waals surface area contributed by atoms with E-state index in [0.29, 0.717) is 12.4 Å². The second-order valence-electron chi connectivity index (χ2n) is 13.8. The van der Waals surface area contributed by atoms with Gasteiger partial charge in [0.15, 0.2) is 11.9 Å². The van der Waals surface area contributed by atoms with Crippen molar-refractivity contribution in [2.75, 3.05) is 13.3 Å². The van der Waals surface area contributed by atoms with Gasteiger partial charge in [0.05, 0.1) is 32.1 Å². The van der Waals surface area contributed by atoms with Gasteiger partial charge in [-0.05, 0) is 60.6 Å². The summed E-state index contributed by atoms with van der Waals surface area (Å²) in [4.78, 5) is 36.4. The number of hydrogen-bond donors (Lipinski definition) is 4. The summed E-state index contributed by atoms with van der Waals surface area (Å²) in [6.07, 6.45) is 8.59. The lowest BCUT2D eigenvalue weighted by Gasteiger charge is -2.23. The second-order valence-corrected chi connectivity index (χ2v) is 15.0. The molecule has 0 aliphatic heterocycles. The summed E-state index contributed by atoms with van der Waals surface area (Å²) in [6, 6.07) is 17.4. The molecule has 0 bridgehead atoms. The van der Waals surface area contributed by atoms with E-state index in [1.807, 2.05) is 54.6 Å². The van der Waals surface area contributed by atoms with Crippen LogP contribution in [0.3, 0.4) is 0 Å². The number of nitrogens with one attached hydrogen (secondary N) is 2. The number of amides is 1. The number of hydrogen-bond acceptors (Lipinski definition) is 9. The summed E-state index contributed by atoms with van der Waals surface area (Å²) in [5, 5.41) is 25.0. The maximum atomic E-state index is 13.3. The summed E-state index contributed by atoms with van der Waals surface area (Å²) >= 11 is 1.69. The zero-order valence-electron chi connectivity index (χ0n) is 30.4. The van der Waals surface area contributed by atoms with Crippen molar-refractivity contribution in [1.29, 1.82) is 0 Å². The molecule has 0 radical (unpaired) electrons. The van der Waals surface area contributed by atoms with Gasteiger partial charge in [0.1, 0.15) is 5.75 Å². The van der Waals surface area contributed by atoms with E-state index in [0.717, 1.165) is 45.9 Å². The lowest BCUT2D eigenvalue weighted by Crippen LogP contribution is -2.54. The highest BCUT2D eigenvalue weighted by Gasteiger charge is 2.29. The van der Waals surface area contributed by atoms with Crippen molar-refractivity contribution in [2.45, 2.75) is 103 Å². The Morgan fingerprint density at radius 3 is 2.16 bits per heavy atom. The molecule has 274 valence electrons. The molecule has 0 saturated heterocycles. The summed E-state index contributed by atoms with van der Waals surface area (Å²) in [5.74, 6) is -0.445. The molecule has 0 aliphatic carbocycles. The molecule has 0 spiro atoms. The SMILES string of the molecule is CCCCCCCOc1ccc(-c2cnc(-c3ccc(C[C@H](NCOCc4ccc(C(C)(C)C)s4)C(=O)N[C@H](C(=O)O)[C@@H](C)O)cc3)nc2)cc1. The highest BCUT2D eigenvalue weighted by Crippen LogP contribution is 2.30. The average Bonchev–Trinajstić information content (AvgIpc) is 3.60. The Balaban J connectivity index is 1.35. The smallest absolute Gasteiger partial charge is 0.328 e. The predicted molar refractivity (Wildman–Crippen MR) is 202 cm³/mol. The van der Waals surface area contributed by atoms with Gasteiger partial charge < -0.3 is 25.0 Å². The van der Waals surface area contributed by atoms with E-state index in [1.165, 1.54) is 37.5 Å². The minimum absolute atomic E-state index is 0.0511. The maximum Gasteiger partial charge on any atom is 0.328 e. The molecular formula is C40H52N4O6S. The van der Waals surface area contributed by atoms with Gasteiger partial charge in [-0.15, -0.1) is 11.3 Å². The number of aliphatic carboxylic acids is 1. The van der Waals surface area contributed by atoms with E-state index in [-0.39, 0.29) is 18.6 Å². The van der Waals surface area contributed by atoms with E-state index in [9.17, 15) is 19.8 Å². The number of carboxylic acid groups (broad SMARTS) is 1. The predicted octanol–water partition coefficient (Wildman–Crippen LogP) is 7.14. The number of carboxylic acids is 1. The number of carbonyl (C=O) groups excluding carboxylic acids is 1. The van der Waals surface area contributed by atoms with Crippen molar-refractivity contribution < 1.29 is 29.3 Å². The zero-order chi connectivity index (χ0) is 36.8. The third kappa shape index (κ3) is 12.5. The van der Waals surface area contributed by atoms with Gasteiger partial charge in [-0.2, -0.15) is 0 Å². The van der Waals surface area contributed by atoms with Gasteiger partial charge in [-0.1, -0.05) is 89.8 Å². The molecule has 0 aliphatic rings. The first-order chi connectivity index (χ1) is 24.4. The Bertz CT molecular complexity index is 1650. The molecule has 2 heterocycles. The van der Waals surface area contributed by atoms with Crippen LogP contribution in [-0.2, 0) is 32.8 Å². The van der Waals surface area contributed by atoms with Gasteiger partial charge in [0.2, 0.25) is 5.91 Å². The van der Waals surface area contributed by atoms with Gasteiger partial charge in [-0.3, -0.25) is 10.1 Å². The monoisotopic (exact) mass is 716 g/mol. The number of aromatic nitrogens is 2. The highest BCUT2D eigenvalue weighted by molar-refractivity contribution is 7.12. The molecule has 0 fully saturated rings. The van der Waals surface area contributed by atoms with Crippen LogP contribution >= 0.6 is 11.3 Å². The van der Waals surface area contributed by atoms with Crippen LogP contribution < -0.4 is 15.4 Å². The van der Waals surface area contributed by atoms with Crippen molar-refractivity contribution >= 4 is 23.2 Å². The first-order valence-electron chi connectivity index (χ1n) is 17.7. The quantitative estimate of drug-likeness (QED) is 0.0554. The summed E-state index contributed by atoms with van der Waals surface area (Å²) in [6.45, 7) is 11.2. The lowest BCUT2D eigenvalue weighted by atomic mass is 9.95. The van der Waals surface area contributed by atoms with E-state index < -0.39 is 30.1 Å². The van der Waals surface area contributed by atoms with Crippen LogP contribution in [-0.4, -0.2) is 63.6 Å². The first kappa shape index (κ1) is 39.6. The molecule has 10 nitrogen and oxygen atoms in total. The van der Waals surface area contributed by atoms with Crippen LogP contribution in [0.15, 0.2) is 73.1 Å². The van der Waals surface area contributed by atoms with Gasteiger partial charge >= 0.3 is 5.97 Å². The van der Waals surface area contributed by atoms with Crippen molar-refractivity contribution in [3.8, 4) is 28.3 Å². The standard InChI is InChI=1S/C40H52N4O6S/c1-6-7-8-9-10-21-50-32-17-15-29(16-18-32)31-23-41-37(42-24-31)30-13-11-28(12-14-30)22-34(38(46)44-36(27(2)45)39(47)48)43-26-49-25-33-19-20-35(51-33)40(3,4)5/h11-20,23-24,27,34,36,43,45H,6-10,21-22,25-26H2,1-5H3,(H,44,46)(H,47,48)/t27-,34+,36+/m1/s1. The molecule has 2 aromatic heterocycles. The molecule has 4 rings (SSSR count). The number of thiophene rings is 1. The van der Waals surface area contributed by atoms with E-state index in [4.69, 9.17) is 9.47 Å². The summed E-state index contributed by atoms with van der Waals surface area (Å²) in [7, 11) is 0. The van der Waals surface area contributed by atoms with Crippen LogP contribution in [0.25, 0.3) is 22.5 Å². The van der Waals surface area contributed by atoms with Gasteiger partial charge in [-0.25, -0.2) is 14.8 Å². The number of carbonyl (C=O) groups is 2. The molecule has 4 aromatic rings. The third-order valence-corrected chi connectivity index (χ3v) is 9.93. The Hall–Kier alpha value is -4.16. The molecule has 4 N–H and O–H groups in total. The Morgan fingerprint density at radius 2 is 1.55 bits per heavy atom. The number of benzene rings is 2. The average molecular weight is 717 g/mol. The summed E-state index contributed by atoms with van der Waals surface area (Å²) < 4.78 is 11.7. The van der Waals surface area contributed by atoms with Crippen LogP contribution in [0.2, 0.25) is 0 Å². The number of ether oxygens (including phenoxy) is 2. The van der Waals surface area contributed by atoms with Crippen molar-refractivity contribution in [3.63, 3.8) is 0 Å². The number of rotatable bonds is 20. The molecule has 3 atom stereocenters. The van der Waals surface area contributed by atoms with Gasteiger partial charge in [0.25, 0.3) is 0 Å². The largest absolute Gasteiger partial charge is 0.494 e. The minimum Gasteiger partial charge on any atom is -0.494 e. The molecule has 2 aromatic carbocycles. The lowest BCUT2D eigenvalue weighted by molar-refractivity contribution is -0.145. The minimum atomic E-state index is -1.44. The van der Waals surface area contributed by atoms with E-state index in [2.05, 4.69) is 54.4 Å². The fraction of sp³-hybridized carbons (Fsp3) is 0.450. The van der Waals surface area contributed by atoms with Crippen LogP contribution in [0.4, 0.5) is 0 Å². The van der Waals surface area contributed by atoms with Crippen LogP contribution in [0.5, 0.6) is 5.75 Å². The van der Waals surface area contributed by atoms with E-state index >= 15 is 0 Å². The number of nitrogens with zero attached hydrogens (tertiary/aromatic N) is 2. The Kier molecular flexibility index (Phi) is 15.1. The van der Waals surface area contributed by atoms with Crippen LogP contribution in [0.1, 0.15) is 82.0 Å². The molecule has 1 amide bonds. The molecule has 51 heavy (non-hydrogen) atoms. The van der Waals surface area contributed by atoms with Crippen molar-refractivity contribution in [2.24, 2.45) is 0 Å². The zero-order valence-corrected chi connectivity index (χ0v) is 31.2. The van der Waals surface area contributed by atoms with Crippen molar-refractivity contribution in [1.82, 2.24) is 20.6 Å². The Labute approximate surface area is 305 Å². The molecule has 0 saturated carbocycles. The fourth-order valence-electron chi connectivity index (χ4n) is 5.36. The van der Waals surface area contributed by atoms with Crippen LogP contribution in [0, 0.1) is 0 Å². The summed E-state index contributed by atoms with van der Waals surface area (Å²) in [5.41, 5.74) is 3.60. The van der Waals surface area contributed by atoms with E-state index in [1.54, 1.807) is 23.7 Å². The molecule has 0 unspecified atom stereocenters. The molecular weight excluding hydrogens is 665 g/mol. The second kappa shape index (κ2) is 19.4. The number of unbranched alkanes of at least 4 members (excludes halogenated alkanes) is 4. The normalized spacial score (nSPS) is 13.4. The van der Waals surface area contributed by atoms with Gasteiger partial charge in [0, 0.05) is 33.3 Å². The number of aliphatic hydroxyl groups excluding tert-OH is 1. The Morgan fingerprint density at radius 1 is 0.882 bits per heavy atom.